The lowest BCUT2D eigenvalue weighted by Crippen LogP contribution is -2.29. The monoisotopic (exact) mass is 440 g/mol. The average Bonchev–Trinajstić information content (AvgIpc) is 2.85. The highest BCUT2D eigenvalue weighted by Gasteiger charge is 2.16. The molecular weight excluding hydrogens is 416 g/mol. The van der Waals surface area contributed by atoms with Crippen LogP contribution in [0.4, 0.5) is 0 Å². The van der Waals surface area contributed by atoms with Gasteiger partial charge in [-0.1, -0.05) is 67.6 Å². The molecule has 4 rings (SSSR count). The molecule has 1 heterocycles. The minimum Gasteiger partial charge on any atom is -0.489 e. The molecule has 0 saturated carbocycles. The SMILES string of the molecule is CCCn1nc(C(=O)N/N=C/c2cccc(OCc3ccccc3)c2)c2ccccc2c1=O. The van der Waals surface area contributed by atoms with Crippen molar-refractivity contribution >= 4 is 22.9 Å². The minimum atomic E-state index is -0.483. The van der Waals surface area contributed by atoms with Crippen LogP contribution in [-0.4, -0.2) is 21.9 Å². The second-order valence-corrected chi connectivity index (χ2v) is 7.47. The van der Waals surface area contributed by atoms with E-state index in [0.29, 0.717) is 29.7 Å². The van der Waals surface area contributed by atoms with Crippen LogP contribution in [0.25, 0.3) is 10.8 Å². The predicted octanol–water partition coefficient (Wildman–Crippen LogP) is 4.15. The van der Waals surface area contributed by atoms with Crippen molar-refractivity contribution in [2.45, 2.75) is 26.5 Å². The molecule has 0 fully saturated rings. The first kappa shape index (κ1) is 22.0. The first-order valence-electron chi connectivity index (χ1n) is 10.8. The van der Waals surface area contributed by atoms with Gasteiger partial charge in [0.25, 0.3) is 11.5 Å². The van der Waals surface area contributed by atoms with Crippen LogP contribution >= 0.6 is 0 Å². The van der Waals surface area contributed by atoms with E-state index in [1.807, 2.05) is 61.5 Å². The second kappa shape index (κ2) is 10.4. The molecule has 7 heteroatoms. The summed E-state index contributed by atoms with van der Waals surface area (Å²) in [6.45, 7) is 2.85. The molecule has 0 saturated heterocycles. The van der Waals surface area contributed by atoms with Gasteiger partial charge in [-0.05, 0) is 35.7 Å². The third-order valence-electron chi connectivity index (χ3n) is 5.00. The summed E-state index contributed by atoms with van der Waals surface area (Å²) >= 11 is 0. The zero-order valence-corrected chi connectivity index (χ0v) is 18.3. The van der Waals surface area contributed by atoms with Crippen molar-refractivity contribution in [3.05, 3.63) is 106 Å². The molecule has 0 bridgehead atoms. The Morgan fingerprint density at radius 3 is 2.58 bits per heavy atom. The number of rotatable bonds is 8. The van der Waals surface area contributed by atoms with Gasteiger partial charge < -0.3 is 4.74 Å². The molecule has 3 aromatic carbocycles. The highest BCUT2D eigenvalue weighted by Crippen LogP contribution is 2.15. The summed E-state index contributed by atoms with van der Waals surface area (Å²) in [6, 6.07) is 24.3. The van der Waals surface area contributed by atoms with Crippen molar-refractivity contribution in [1.29, 1.82) is 0 Å². The van der Waals surface area contributed by atoms with Gasteiger partial charge in [-0.2, -0.15) is 10.2 Å². The second-order valence-electron chi connectivity index (χ2n) is 7.47. The maximum atomic E-state index is 12.8. The van der Waals surface area contributed by atoms with E-state index in [0.717, 1.165) is 17.5 Å². The number of hydrogen-bond donors (Lipinski definition) is 1. The van der Waals surface area contributed by atoms with Crippen LogP contribution in [0.15, 0.2) is 88.8 Å². The summed E-state index contributed by atoms with van der Waals surface area (Å²) in [4.78, 5) is 25.4. The molecule has 33 heavy (non-hydrogen) atoms. The maximum Gasteiger partial charge on any atom is 0.292 e. The van der Waals surface area contributed by atoms with Gasteiger partial charge in [-0.15, -0.1) is 0 Å². The molecule has 0 unspecified atom stereocenters. The molecule has 1 N–H and O–H groups in total. The zero-order valence-electron chi connectivity index (χ0n) is 18.3. The normalized spacial score (nSPS) is 11.1. The van der Waals surface area contributed by atoms with Crippen LogP contribution < -0.4 is 15.7 Å². The zero-order chi connectivity index (χ0) is 23.0. The first-order chi connectivity index (χ1) is 16.2. The largest absolute Gasteiger partial charge is 0.489 e. The first-order valence-corrected chi connectivity index (χ1v) is 10.8. The lowest BCUT2D eigenvalue weighted by molar-refractivity contribution is 0.0949. The molecule has 0 aliphatic carbocycles. The number of carbonyl (C=O) groups is 1. The fraction of sp³-hybridized carbons (Fsp3) is 0.154. The minimum absolute atomic E-state index is 0.163. The Kier molecular flexibility index (Phi) is 6.90. The summed E-state index contributed by atoms with van der Waals surface area (Å²) < 4.78 is 7.16. The Bertz CT molecular complexity index is 1350. The molecule has 0 atom stereocenters. The maximum absolute atomic E-state index is 12.8. The average molecular weight is 441 g/mol. The molecule has 4 aromatic rings. The Morgan fingerprint density at radius 2 is 1.79 bits per heavy atom. The number of ether oxygens (including phenoxy) is 1. The Hall–Kier alpha value is -4.26. The molecule has 166 valence electrons. The number of aromatic nitrogens is 2. The van der Waals surface area contributed by atoms with Crippen LogP contribution in [0, 0.1) is 0 Å². The highest BCUT2D eigenvalue weighted by molar-refractivity contribution is 6.04. The van der Waals surface area contributed by atoms with Crippen molar-refractivity contribution in [3.63, 3.8) is 0 Å². The summed E-state index contributed by atoms with van der Waals surface area (Å²) in [5.41, 5.74) is 4.32. The number of nitrogens with one attached hydrogen (secondary N) is 1. The van der Waals surface area contributed by atoms with E-state index in [-0.39, 0.29) is 11.3 Å². The standard InChI is InChI=1S/C26H24N4O3/c1-2-15-30-26(32)23-14-7-6-13-22(23)24(29-30)25(31)28-27-17-20-11-8-12-21(16-20)33-18-19-9-4-3-5-10-19/h3-14,16-17H,2,15,18H2,1H3,(H,28,31)/b27-17+. The number of hydrazone groups is 1. The molecule has 7 nitrogen and oxygen atoms in total. The summed E-state index contributed by atoms with van der Waals surface area (Å²) in [6.07, 6.45) is 2.27. The Balaban J connectivity index is 1.48. The third-order valence-corrected chi connectivity index (χ3v) is 5.00. The van der Waals surface area contributed by atoms with Gasteiger partial charge in [0.05, 0.1) is 11.6 Å². The van der Waals surface area contributed by atoms with E-state index in [4.69, 9.17) is 4.74 Å². The topological polar surface area (TPSA) is 85.6 Å². The van der Waals surface area contributed by atoms with Crippen LogP contribution in [0.1, 0.15) is 35.0 Å². The lowest BCUT2D eigenvalue weighted by Gasteiger charge is -2.09. The Morgan fingerprint density at radius 1 is 1.03 bits per heavy atom. The van der Waals surface area contributed by atoms with E-state index < -0.39 is 5.91 Å². The van der Waals surface area contributed by atoms with Crippen molar-refractivity contribution in [2.24, 2.45) is 5.10 Å². The number of hydrogen-bond acceptors (Lipinski definition) is 5. The van der Waals surface area contributed by atoms with Crippen molar-refractivity contribution in [1.82, 2.24) is 15.2 Å². The molecule has 0 aliphatic heterocycles. The number of amides is 1. The van der Waals surface area contributed by atoms with E-state index in [2.05, 4.69) is 15.6 Å². The van der Waals surface area contributed by atoms with Gasteiger partial charge in [0.15, 0.2) is 5.69 Å². The smallest absolute Gasteiger partial charge is 0.292 e. The molecule has 1 aromatic heterocycles. The predicted molar refractivity (Wildman–Crippen MR) is 129 cm³/mol. The molecule has 0 spiro atoms. The molecule has 0 aliphatic rings. The molecule has 0 radical (unpaired) electrons. The van der Waals surface area contributed by atoms with Crippen LogP contribution in [0.5, 0.6) is 5.75 Å². The highest BCUT2D eigenvalue weighted by atomic mass is 16.5. The quantitative estimate of drug-likeness (QED) is 0.329. The van der Waals surface area contributed by atoms with Crippen molar-refractivity contribution in [3.8, 4) is 5.75 Å². The van der Waals surface area contributed by atoms with Crippen LogP contribution in [-0.2, 0) is 13.2 Å². The van der Waals surface area contributed by atoms with Crippen molar-refractivity contribution < 1.29 is 9.53 Å². The summed E-state index contributed by atoms with van der Waals surface area (Å²) in [5.74, 6) is 0.220. The fourth-order valence-electron chi connectivity index (χ4n) is 3.41. The van der Waals surface area contributed by atoms with Gasteiger partial charge in [-0.25, -0.2) is 10.1 Å². The number of nitrogens with zero attached hydrogens (tertiary/aromatic N) is 3. The van der Waals surface area contributed by atoms with Crippen LogP contribution in [0.3, 0.4) is 0 Å². The van der Waals surface area contributed by atoms with Crippen LogP contribution in [0.2, 0.25) is 0 Å². The number of fused-ring (bicyclic) bond motifs is 1. The van der Waals surface area contributed by atoms with Gasteiger partial charge in [0, 0.05) is 11.9 Å². The Labute approximate surface area is 191 Å². The van der Waals surface area contributed by atoms with Crippen molar-refractivity contribution in [2.75, 3.05) is 0 Å². The third kappa shape index (κ3) is 5.33. The number of benzene rings is 3. The van der Waals surface area contributed by atoms with Gasteiger partial charge in [0.2, 0.25) is 0 Å². The van der Waals surface area contributed by atoms with Gasteiger partial charge in [-0.3, -0.25) is 9.59 Å². The van der Waals surface area contributed by atoms with E-state index in [9.17, 15) is 9.59 Å². The lowest BCUT2D eigenvalue weighted by atomic mass is 10.1. The van der Waals surface area contributed by atoms with E-state index >= 15 is 0 Å². The molecular formula is C26H24N4O3. The number of carbonyl (C=O) groups excluding carboxylic acids is 1. The van der Waals surface area contributed by atoms with E-state index in [1.165, 1.54) is 10.9 Å². The summed E-state index contributed by atoms with van der Waals surface area (Å²) in [7, 11) is 0. The molecule has 1 amide bonds. The number of aryl methyl sites for hydroxylation is 1. The fourth-order valence-corrected chi connectivity index (χ4v) is 3.41. The van der Waals surface area contributed by atoms with Gasteiger partial charge >= 0.3 is 0 Å². The van der Waals surface area contributed by atoms with E-state index in [1.54, 1.807) is 24.3 Å². The summed E-state index contributed by atoms with van der Waals surface area (Å²) in [5, 5.41) is 9.31. The van der Waals surface area contributed by atoms with Gasteiger partial charge in [0.1, 0.15) is 12.4 Å².